The molecule has 1 aliphatic rings. The molecule has 0 saturated heterocycles. The fraction of sp³-hybridized carbons (Fsp3) is 0.400. The first-order valence-electron chi connectivity index (χ1n) is 9.40. The molecule has 2 unspecified atom stereocenters. The fourth-order valence-corrected chi connectivity index (χ4v) is 5.46. The van der Waals surface area contributed by atoms with E-state index in [0.717, 1.165) is 0 Å². The minimum Gasteiger partial charge on any atom is -0.497 e. The molecule has 1 aliphatic carbocycles. The number of hydrogen-bond acceptors (Lipinski definition) is 8. The SMILES string of the molecule is COc1ccc(S(=O)(=O)OC2CCCCC2OS(=O)(=O)c2ccc(OC)cc2)cc1. The van der Waals surface area contributed by atoms with Crippen molar-refractivity contribution in [2.45, 2.75) is 47.7 Å². The van der Waals surface area contributed by atoms with Crippen molar-refractivity contribution in [3.63, 3.8) is 0 Å². The van der Waals surface area contributed by atoms with E-state index in [9.17, 15) is 16.8 Å². The summed E-state index contributed by atoms with van der Waals surface area (Å²) in [6, 6.07) is 11.6. The summed E-state index contributed by atoms with van der Waals surface area (Å²) in [5.74, 6) is 1.02. The van der Waals surface area contributed by atoms with Gasteiger partial charge in [-0.3, -0.25) is 8.37 Å². The summed E-state index contributed by atoms with van der Waals surface area (Å²) in [5, 5.41) is 0. The predicted molar refractivity (Wildman–Crippen MR) is 109 cm³/mol. The molecule has 30 heavy (non-hydrogen) atoms. The van der Waals surface area contributed by atoms with Gasteiger partial charge >= 0.3 is 0 Å². The summed E-state index contributed by atoms with van der Waals surface area (Å²) in [4.78, 5) is -0.0729. The summed E-state index contributed by atoms with van der Waals surface area (Å²) in [6.07, 6.45) is 0.366. The summed E-state index contributed by atoms with van der Waals surface area (Å²) in [7, 11) is -5.23. The van der Waals surface area contributed by atoms with Crippen molar-refractivity contribution in [3.8, 4) is 11.5 Å². The molecule has 0 N–H and O–H groups in total. The molecule has 164 valence electrons. The highest BCUT2D eigenvalue weighted by molar-refractivity contribution is 7.87. The van der Waals surface area contributed by atoms with Crippen molar-refractivity contribution in [2.24, 2.45) is 0 Å². The van der Waals surface area contributed by atoms with Crippen molar-refractivity contribution in [1.29, 1.82) is 0 Å². The van der Waals surface area contributed by atoms with E-state index in [2.05, 4.69) is 0 Å². The van der Waals surface area contributed by atoms with Crippen LogP contribution in [0.15, 0.2) is 58.3 Å². The van der Waals surface area contributed by atoms with Crippen LogP contribution in [0.4, 0.5) is 0 Å². The summed E-state index contributed by atoms with van der Waals surface area (Å²) >= 11 is 0. The highest BCUT2D eigenvalue weighted by atomic mass is 32.2. The van der Waals surface area contributed by atoms with E-state index >= 15 is 0 Å². The second kappa shape index (κ2) is 9.34. The first-order valence-corrected chi connectivity index (χ1v) is 12.2. The van der Waals surface area contributed by atoms with Crippen molar-refractivity contribution in [2.75, 3.05) is 14.2 Å². The average Bonchev–Trinajstić information content (AvgIpc) is 2.75. The molecule has 8 nitrogen and oxygen atoms in total. The van der Waals surface area contributed by atoms with Gasteiger partial charge in [-0.25, -0.2) is 0 Å². The van der Waals surface area contributed by atoms with E-state index in [1.165, 1.54) is 62.8 Å². The van der Waals surface area contributed by atoms with Gasteiger partial charge in [0.1, 0.15) is 23.7 Å². The standard InChI is InChI=1S/C20H24O8S2/c1-25-15-7-11-17(12-8-15)29(21,22)27-19-5-3-4-6-20(19)28-30(23,24)18-13-9-16(26-2)10-14-18/h7-14,19-20H,3-6H2,1-2H3. The van der Waals surface area contributed by atoms with E-state index < -0.39 is 32.4 Å². The van der Waals surface area contributed by atoms with Crippen molar-refractivity contribution in [3.05, 3.63) is 48.5 Å². The van der Waals surface area contributed by atoms with Crippen molar-refractivity contribution in [1.82, 2.24) is 0 Å². The average molecular weight is 457 g/mol. The molecule has 3 rings (SSSR count). The smallest absolute Gasteiger partial charge is 0.297 e. The van der Waals surface area contributed by atoms with Gasteiger partial charge in [0.15, 0.2) is 0 Å². The Balaban J connectivity index is 1.76. The van der Waals surface area contributed by atoms with Crippen LogP contribution in [0.1, 0.15) is 25.7 Å². The molecule has 0 aromatic heterocycles. The topological polar surface area (TPSA) is 105 Å². The summed E-state index contributed by atoms with van der Waals surface area (Å²) in [6.45, 7) is 0. The van der Waals surface area contributed by atoms with Gasteiger partial charge in [-0.2, -0.15) is 16.8 Å². The lowest BCUT2D eigenvalue weighted by Gasteiger charge is -2.30. The Labute approximate surface area is 177 Å². The van der Waals surface area contributed by atoms with Crippen LogP contribution in [-0.2, 0) is 28.6 Å². The van der Waals surface area contributed by atoms with Crippen LogP contribution in [0.5, 0.6) is 11.5 Å². The monoisotopic (exact) mass is 456 g/mol. The van der Waals surface area contributed by atoms with E-state index in [0.29, 0.717) is 37.2 Å². The maximum atomic E-state index is 12.7. The largest absolute Gasteiger partial charge is 0.497 e. The van der Waals surface area contributed by atoms with Crippen LogP contribution >= 0.6 is 0 Å². The Morgan fingerprint density at radius 1 is 0.633 bits per heavy atom. The molecule has 0 amide bonds. The summed E-state index contributed by atoms with van der Waals surface area (Å²) in [5.41, 5.74) is 0. The van der Waals surface area contributed by atoms with Crippen LogP contribution < -0.4 is 9.47 Å². The minimum atomic E-state index is -4.09. The number of hydrogen-bond donors (Lipinski definition) is 0. The van der Waals surface area contributed by atoms with Crippen molar-refractivity contribution < 1.29 is 34.7 Å². The van der Waals surface area contributed by atoms with Gasteiger partial charge in [-0.15, -0.1) is 0 Å². The van der Waals surface area contributed by atoms with Gasteiger partial charge in [-0.1, -0.05) is 12.8 Å². The van der Waals surface area contributed by atoms with Crippen LogP contribution in [0.2, 0.25) is 0 Å². The molecule has 2 aromatic rings. The van der Waals surface area contributed by atoms with E-state index in [1.807, 2.05) is 0 Å². The third kappa shape index (κ3) is 5.31. The third-order valence-corrected chi connectivity index (χ3v) is 7.54. The maximum Gasteiger partial charge on any atom is 0.297 e. The second-order valence-corrected chi connectivity index (χ2v) is 9.96. The van der Waals surface area contributed by atoms with Gasteiger partial charge in [0.05, 0.1) is 24.0 Å². The molecule has 0 radical (unpaired) electrons. The number of methoxy groups -OCH3 is 2. The van der Waals surface area contributed by atoms with Crippen LogP contribution in [0, 0.1) is 0 Å². The quantitative estimate of drug-likeness (QED) is 0.558. The first-order chi connectivity index (χ1) is 14.2. The Hall–Kier alpha value is -2.14. The fourth-order valence-electron chi connectivity index (χ4n) is 3.20. The lowest BCUT2D eigenvalue weighted by atomic mass is 9.95. The Morgan fingerprint density at radius 3 is 1.27 bits per heavy atom. The minimum absolute atomic E-state index is 0.0364. The van der Waals surface area contributed by atoms with Gasteiger partial charge in [0.2, 0.25) is 0 Å². The van der Waals surface area contributed by atoms with E-state index in [-0.39, 0.29) is 9.79 Å². The van der Waals surface area contributed by atoms with Crippen LogP contribution in [-0.4, -0.2) is 43.3 Å². The maximum absolute atomic E-state index is 12.7. The molecule has 2 atom stereocenters. The highest BCUT2D eigenvalue weighted by Crippen LogP contribution is 2.30. The molecular weight excluding hydrogens is 432 g/mol. The van der Waals surface area contributed by atoms with Gasteiger partial charge in [0.25, 0.3) is 20.2 Å². The highest BCUT2D eigenvalue weighted by Gasteiger charge is 2.35. The molecule has 0 aliphatic heterocycles. The first kappa shape index (κ1) is 22.5. The number of ether oxygens (including phenoxy) is 2. The Morgan fingerprint density at radius 2 is 0.967 bits per heavy atom. The normalized spacial score (nSPS) is 19.9. The summed E-state index contributed by atoms with van der Waals surface area (Å²) < 4.78 is 71.5. The van der Waals surface area contributed by atoms with Crippen LogP contribution in [0.3, 0.4) is 0 Å². The molecule has 2 aromatic carbocycles. The Kier molecular flexibility index (Phi) is 7.02. The second-order valence-electron chi connectivity index (χ2n) is 6.81. The third-order valence-electron chi connectivity index (χ3n) is 4.84. The lowest BCUT2D eigenvalue weighted by Crippen LogP contribution is -2.37. The zero-order chi connectivity index (χ0) is 21.8. The molecule has 0 spiro atoms. The van der Waals surface area contributed by atoms with E-state index in [4.69, 9.17) is 17.8 Å². The molecule has 0 bridgehead atoms. The number of benzene rings is 2. The van der Waals surface area contributed by atoms with Gasteiger partial charge in [0, 0.05) is 0 Å². The predicted octanol–water partition coefficient (Wildman–Crippen LogP) is 3.13. The molecular formula is C20H24O8S2. The molecule has 10 heteroatoms. The van der Waals surface area contributed by atoms with Crippen LogP contribution in [0.25, 0.3) is 0 Å². The molecule has 1 saturated carbocycles. The zero-order valence-corrected chi connectivity index (χ0v) is 18.3. The van der Waals surface area contributed by atoms with Gasteiger partial charge in [-0.05, 0) is 61.4 Å². The zero-order valence-electron chi connectivity index (χ0n) is 16.7. The van der Waals surface area contributed by atoms with Crippen molar-refractivity contribution >= 4 is 20.2 Å². The number of rotatable bonds is 8. The van der Waals surface area contributed by atoms with Gasteiger partial charge < -0.3 is 9.47 Å². The molecule has 1 fully saturated rings. The van der Waals surface area contributed by atoms with E-state index in [1.54, 1.807) is 0 Å². The lowest BCUT2D eigenvalue weighted by molar-refractivity contribution is 0.0311. The Bertz CT molecular complexity index is 957. The molecule has 0 heterocycles.